The Morgan fingerprint density at radius 2 is 1.68 bits per heavy atom. The normalized spacial score (nSPS) is 24.2. The van der Waals surface area contributed by atoms with Gasteiger partial charge in [-0.3, -0.25) is 0 Å². The third kappa shape index (κ3) is 1.82. The van der Waals surface area contributed by atoms with Gasteiger partial charge in [0, 0.05) is 0 Å². The maximum absolute atomic E-state index is 2.39. The Hall–Kier alpha value is -1.56. The number of fused-ring (bicyclic) bond motifs is 1. The van der Waals surface area contributed by atoms with E-state index in [1.54, 1.807) is 0 Å². The van der Waals surface area contributed by atoms with Crippen molar-refractivity contribution in [3.63, 3.8) is 0 Å². The first-order chi connectivity index (χ1) is 9.01. The van der Waals surface area contributed by atoms with Crippen LogP contribution in [0, 0.1) is 6.92 Å². The van der Waals surface area contributed by atoms with Crippen LogP contribution in [0.4, 0.5) is 0 Å². The lowest BCUT2D eigenvalue weighted by Gasteiger charge is -2.31. The second-order valence-electron chi connectivity index (χ2n) is 6.49. The summed E-state index contributed by atoms with van der Waals surface area (Å²) in [5.41, 5.74) is 6.10. The highest BCUT2D eigenvalue weighted by Crippen LogP contribution is 2.55. The van der Waals surface area contributed by atoms with Crippen LogP contribution in [0.15, 0.2) is 48.5 Å². The Kier molecular flexibility index (Phi) is 2.78. The SMILES string of the molecule is Cc1cccc(C2C(C)c3ccccc3C2(C)C)c1. The van der Waals surface area contributed by atoms with Crippen molar-refractivity contribution in [3.05, 3.63) is 70.8 Å². The molecule has 98 valence electrons. The smallest absolute Gasteiger partial charge is 0.000363 e. The molecule has 0 saturated heterocycles. The molecule has 0 heterocycles. The minimum absolute atomic E-state index is 0.212. The third-order valence-corrected chi connectivity index (χ3v) is 4.82. The van der Waals surface area contributed by atoms with E-state index in [2.05, 4.69) is 76.2 Å². The Labute approximate surface area is 116 Å². The Morgan fingerprint density at radius 3 is 2.37 bits per heavy atom. The molecule has 0 spiro atoms. The Morgan fingerprint density at radius 1 is 0.947 bits per heavy atom. The fraction of sp³-hybridized carbons (Fsp3) is 0.368. The first kappa shape index (κ1) is 12.5. The van der Waals surface area contributed by atoms with Crippen LogP contribution in [0.2, 0.25) is 0 Å². The van der Waals surface area contributed by atoms with Gasteiger partial charge in [-0.25, -0.2) is 0 Å². The monoisotopic (exact) mass is 250 g/mol. The van der Waals surface area contributed by atoms with Gasteiger partial charge in [0.25, 0.3) is 0 Å². The van der Waals surface area contributed by atoms with E-state index >= 15 is 0 Å². The van der Waals surface area contributed by atoms with Crippen molar-refractivity contribution in [3.8, 4) is 0 Å². The highest BCUT2D eigenvalue weighted by Gasteiger charge is 2.44. The highest BCUT2D eigenvalue weighted by atomic mass is 14.5. The highest BCUT2D eigenvalue weighted by molar-refractivity contribution is 5.48. The van der Waals surface area contributed by atoms with Crippen LogP contribution in [0.1, 0.15) is 54.9 Å². The summed E-state index contributed by atoms with van der Waals surface area (Å²) in [5.74, 6) is 1.16. The van der Waals surface area contributed by atoms with Gasteiger partial charge in [0.05, 0.1) is 0 Å². The molecule has 2 atom stereocenters. The van der Waals surface area contributed by atoms with Gasteiger partial charge in [0.2, 0.25) is 0 Å². The standard InChI is InChI=1S/C19H22/c1-13-8-7-9-15(12-13)18-14(2)16-10-5-6-11-17(16)19(18,3)4/h5-12,14,18H,1-4H3. The van der Waals surface area contributed by atoms with Gasteiger partial charge >= 0.3 is 0 Å². The van der Waals surface area contributed by atoms with Gasteiger partial charge in [0.1, 0.15) is 0 Å². The van der Waals surface area contributed by atoms with Crippen LogP contribution in [-0.4, -0.2) is 0 Å². The van der Waals surface area contributed by atoms with Gasteiger partial charge < -0.3 is 0 Å². The fourth-order valence-electron chi connectivity index (χ4n) is 4.02. The molecule has 0 nitrogen and oxygen atoms in total. The molecule has 0 amide bonds. The third-order valence-electron chi connectivity index (χ3n) is 4.82. The van der Waals surface area contributed by atoms with E-state index in [9.17, 15) is 0 Å². The van der Waals surface area contributed by atoms with Gasteiger partial charge in [-0.05, 0) is 40.9 Å². The lowest BCUT2D eigenvalue weighted by atomic mass is 9.72. The van der Waals surface area contributed by atoms with Crippen LogP contribution >= 0.6 is 0 Å². The zero-order valence-electron chi connectivity index (χ0n) is 12.3. The van der Waals surface area contributed by atoms with Crippen LogP contribution in [-0.2, 0) is 5.41 Å². The second-order valence-corrected chi connectivity index (χ2v) is 6.49. The van der Waals surface area contributed by atoms with E-state index in [4.69, 9.17) is 0 Å². The molecule has 2 aromatic carbocycles. The summed E-state index contributed by atoms with van der Waals surface area (Å²) in [5, 5.41) is 0. The second kappa shape index (κ2) is 4.23. The van der Waals surface area contributed by atoms with Crippen LogP contribution in [0.3, 0.4) is 0 Å². The molecule has 0 N–H and O–H groups in total. The first-order valence-corrected chi connectivity index (χ1v) is 7.18. The number of hydrogen-bond acceptors (Lipinski definition) is 0. The summed E-state index contributed by atoms with van der Waals surface area (Å²) in [6.07, 6.45) is 0. The van der Waals surface area contributed by atoms with Gasteiger partial charge in [-0.1, -0.05) is 74.9 Å². The molecule has 0 saturated carbocycles. The molecule has 3 rings (SSSR count). The summed E-state index contributed by atoms with van der Waals surface area (Å²) in [7, 11) is 0. The van der Waals surface area contributed by atoms with Gasteiger partial charge in [0.15, 0.2) is 0 Å². The zero-order valence-corrected chi connectivity index (χ0v) is 12.3. The van der Waals surface area contributed by atoms with Crippen molar-refractivity contribution >= 4 is 0 Å². The first-order valence-electron chi connectivity index (χ1n) is 7.18. The molecule has 1 aliphatic rings. The maximum atomic E-state index is 2.39. The summed E-state index contributed by atoms with van der Waals surface area (Å²) >= 11 is 0. The zero-order chi connectivity index (χ0) is 13.6. The molecule has 1 aliphatic carbocycles. The van der Waals surface area contributed by atoms with E-state index < -0.39 is 0 Å². The van der Waals surface area contributed by atoms with E-state index in [0.717, 1.165) is 0 Å². The van der Waals surface area contributed by atoms with E-state index in [0.29, 0.717) is 11.8 Å². The number of rotatable bonds is 1. The summed E-state index contributed by atoms with van der Waals surface area (Å²) in [4.78, 5) is 0. The molecule has 0 fully saturated rings. The van der Waals surface area contributed by atoms with Crippen molar-refractivity contribution in [1.82, 2.24) is 0 Å². The molecular formula is C19H22. The lowest BCUT2D eigenvalue weighted by molar-refractivity contribution is 0.411. The van der Waals surface area contributed by atoms with Crippen molar-refractivity contribution in [2.24, 2.45) is 0 Å². The molecule has 19 heavy (non-hydrogen) atoms. The summed E-state index contributed by atoms with van der Waals surface area (Å²) in [6, 6.07) is 18.0. The summed E-state index contributed by atoms with van der Waals surface area (Å²) in [6.45, 7) is 9.34. The largest absolute Gasteiger partial charge is 0.0620 e. The molecule has 0 aliphatic heterocycles. The van der Waals surface area contributed by atoms with Crippen molar-refractivity contribution in [2.75, 3.05) is 0 Å². The van der Waals surface area contributed by atoms with Crippen molar-refractivity contribution in [1.29, 1.82) is 0 Å². The molecule has 0 bridgehead atoms. The predicted molar refractivity (Wildman–Crippen MR) is 81.8 cm³/mol. The van der Waals surface area contributed by atoms with Gasteiger partial charge in [-0.2, -0.15) is 0 Å². The minimum atomic E-state index is 0.212. The van der Waals surface area contributed by atoms with Crippen LogP contribution < -0.4 is 0 Å². The molecule has 0 heteroatoms. The van der Waals surface area contributed by atoms with Crippen molar-refractivity contribution in [2.45, 2.75) is 44.9 Å². The lowest BCUT2D eigenvalue weighted by Crippen LogP contribution is -2.23. The maximum Gasteiger partial charge on any atom is -0.000363 e. The molecule has 2 unspecified atom stereocenters. The molecule has 0 radical (unpaired) electrons. The number of hydrogen-bond donors (Lipinski definition) is 0. The average molecular weight is 250 g/mol. The van der Waals surface area contributed by atoms with Gasteiger partial charge in [-0.15, -0.1) is 0 Å². The number of benzene rings is 2. The van der Waals surface area contributed by atoms with E-state index in [1.807, 2.05) is 0 Å². The van der Waals surface area contributed by atoms with Crippen LogP contribution in [0.5, 0.6) is 0 Å². The summed E-state index contributed by atoms with van der Waals surface area (Å²) < 4.78 is 0. The Bertz CT molecular complexity index is 607. The van der Waals surface area contributed by atoms with Crippen LogP contribution in [0.25, 0.3) is 0 Å². The predicted octanol–water partition coefficient (Wildman–Crippen LogP) is 5.17. The van der Waals surface area contributed by atoms with E-state index in [1.165, 1.54) is 22.3 Å². The van der Waals surface area contributed by atoms with Crippen molar-refractivity contribution < 1.29 is 0 Å². The molecule has 0 aromatic heterocycles. The number of aryl methyl sites for hydroxylation is 1. The Balaban J connectivity index is 2.15. The topological polar surface area (TPSA) is 0 Å². The minimum Gasteiger partial charge on any atom is -0.0620 e. The average Bonchev–Trinajstić information content (AvgIpc) is 2.58. The quantitative estimate of drug-likeness (QED) is 0.654. The molecule has 2 aromatic rings. The molecular weight excluding hydrogens is 228 g/mol. The van der Waals surface area contributed by atoms with E-state index in [-0.39, 0.29) is 5.41 Å². The fourth-order valence-corrected chi connectivity index (χ4v) is 4.02.